The third-order valence-corrected chi connectivity index (χ3v) is 6.53. The highest BCUT2D eigenvalue weighted by Gasteiger charge is 2.57. The number of hydrogen-bond acceptors (Lipinski definition) is 3. The van der Waals surface area contributed by atoms with Gasteiger partial charge in [-0.05, 0) is 68.2 Å². The zero-order chi connectivity index (χ0) is 22.2. The first-order valence-electron chi connectivity index (χ1n) is 10.5. The fourth-order valence-electron chi connectivity index (χ4n) is 4.99. The van der Waals surface area contributed by atoms with Gasteiger partial charge < -0.3 is 9.84 Å². The zero-order valence-corrected chi connectivity index (χ0v) is 17.9. The van der Waals surface area contributed by atoms with Crippen LogP contribution in [-0.2, 0) is 5.41 Å². The Balaban J connectivity index is 1.85. The van der Waals surface area contributed by atoms with E-state index in [0.29, 0.717) is 30.3 Å². The molecular formula is C23H31F4NO2. The Bertz CT molecular complexity index is 790. The third-order valence-electron chi connectivity index (χ3n) is 6.53. The second-order valence-electron chi connectivity index (χ2n) is 9.34. The smallest absolute Gasteiger partial charge is 0.418 e. The van der Waals surface area contributed by atoms with Gasteiger partial charge in [-0.25, -0.2) is 4.39 Å². The number of allylic oxidation sites excluding steroid dienone is 1. The van der Waals surface area contributed by atoms with Crippen LogP contribution >= 0.6 is 0 Å². The molecule has 1 aromatic rings. The largest absolute Gasteiger partial charge is 0.496 e. The van der Waals surface area contributed by atoms with Crippen molar-refractivity contribution in [1.29, 1.82) is 0 Å². The van der Waals surface area contributed by atoms with Crippen LogP contribution in [0.5, 0.6) is 5.75 Å². The van der Waals surface area contributed by atoms with E-state index < -0.39 is 36.0 Å². The van der Waals surface area contributed by atoms with Crippen LogP contribution in [0, 0.1) is 11.7 Å². The van der Waals surface area contributed by atoms with Gasteiger partial charge in [0.05, 0.1) is 7.11 Å². The van der Waals surface area contributed by atoms with Crippen LogP contribution in [0.3, 0.4) is 0 Å². The van der Waals surface area contributed by atoms with Crippen LogP contribution in [0.1, 0.15) is 51.5 Å². The first-order valence-corrected chi connectivity index (χ1v) is 10.5. The van der Waals surface area contributed by atoms with Gasteiger partial charge in [-0.1, -0.05) is 25.5 Å². The van der Waals surface area contributed by atoms with Crippen molar-refractivity contribution >= 4 is 0 Å². The second-order valence-corrected chi connectivity index (χ2v) is 9.34. The van der Waals surface area contributed by atoms with E-state index >= 15 is 0 Å². The lowest BCUT2D eigenvalue weighted by Crippen LogP contribution is -2.57. The number of alkyl halides is 3. The molecule has 7 heteroatoms. The van der Waals surface area contributed by atoms with Crippen molar-refractivity contribution in [2.24, 2.45) is 5.92 Å². The standard InChI is InChI=1S/C23H31F4NO2/c1-21(2,19-12-18(24)8-9-20(19)30-3)14-22(29,23(25,26)27)15-28-11-10-16-6-4-5-7-17(16)13-28/h7-9,12,16,29H,4-6,10-11,13-15H2,1-3H3. The Hall–Kier alpha value is -1.60. The second kappa shape index (κ2) is 8.50. The molecule has 1 aromatic carbocycles. The molecule has 1 saturated heterocycles. The van der Waals surface area contributed by atoms with Gasteiger partial charge in [0.2, 0.25) is 0 Å². The summed E-state index contributed by atoms with van der Waals surface area (Å²) in [6.07, 6.45) is 0.746. The fourth-order valence-corrected chi connectivity index (χ4v) is 4.99. The van der Waals surface area contributed by atoms with E-state index in [-0.39, 0.29) is 0 Å². The number of nitrogens with zero attached hydrogens (tertiary/aromatic N) is 1. The monoisotopic (exact) mass is 429 g/mol. The molecule has 0 amide bonds. The van der Waals surface area contributed by atoms with Crippen molar-refractivity contribution in [2.75, 3.05) is 26.7 Å². The quantitative estimate of drug-likeness (QED) is 0.497. The van der Waals surface area contributed by atoms with E-state index in [4.69, 9.17) is 4.74 Å². The van der Waals surface area contributed by atoms with Crippen molar-refractivity contribution in [2.45, 2.75) is 63.1 Å². The molecule has 2 atom stereocenters. The lowest BCUT2D eigenvalue weighted by molar-refractivity contribution is -0.271. The van der Waals surface area contributed by atoms with Gasteiger partial charge in [0.25, 0.3) is 0 Å². The number of benzene rings is 1. The first kappa shape index (κ1) is 23.1. The summed E-state index contributed by atoms with van der Waals surface area (Å²) >= 11 is 0. The van der Waals surface area contributed by atoms with Crippen LogP contribution < -0.4 is 4.74 Å². The summed E-state index contributed by atoms with van der Waals surface area (Å²) in [6.45, 7) is 3.66. The average molecular weight is 429 g/mol. The highest BCUT2D eigenvalue weighted by molar-refractivity contribution is 5.39. The predicted molar refractivity (Wildman–Crippen MR) is 108 cm³/mol. The number of likely N-dealkylation sites (tertiary alicyclic amines) is 1. The van der Waals surface area contributed by atoms with Crippen LogP contribution in [0.25, 0.3) is 0 Å². The van der Waals surface area contributed by atoms with Gasteiger partial charge in [0.15, 0.2) is 5.60 Å². The number of fused-ring (bicyclic) bond motifs is 1. The van der Waals surface area contributed by atoms with E-state index in [1.165, 1.54) is 30.9 Å². The molecule has 3 rings (SSSR count). The molecule has 168 valence electrons. The number of β-amino-alcohol motifs (C(OH)–C–C–N with tert-alkyl or cyclic N) is 1. The molecule has 0 radical (unpaired) electrons. The summed E-state index contributed by atoms with van der Waals surface area (Å²) in [6, 6.07) is 3.80. The summed E-state index contributed by atoms with van der Waals surface area (Å²) in [5, 5.41) is 10.9. The Kier molecular flexibility index (Phi) is 6.54. The molecule has 1 fully saturated rings. The van der Waals surface area contributed by atoms with Gasteiger partial charge in [-0.2, -0.15) is 13.2 Å². The molecular weight excluding hydrogens is 398 g/mol. The average Bonchev–Trinajstić information content (AvgIpc) is 2.66. The van der Waals surface area contributed by atoms with Crippen LogP contribution in [0.4, 0.5) is 17.6 Å². The van der Waals surface area contributed by atoms with E-state index in [2.05, 4.69) is 6.08 Å². The number of hydrogen-bond donors (Lipinski definition) is 1. The molecule has 30 heavy (non-hydrogen) atoms. The van der Waals surface area contributed by atoms with Crippen LogP contribution in [0.15, 0.2) is 29.8 Å². The summed E-state index contributed by atoms with van der Waals surface area (Å²) < 4.78 is 61.4. The molecule has 1 aliphatic heterocycles. The maximum Gasteiger partial charge on any atom is 0.418 e. The van der Waals surface area contributed by atoms with E-state index in [1.807, 2.05) is 0 Å². The fraction of sp³-hybridized carbons (Fsp3) is 0.652. The van der Waals surface area contributed by atoms with E-state index in [0.717, 1.165) is 25.7 Å². The number of methoxy groups -OCH3 is 1. The Labute approximate surface area is 175 Å². The van der Waals surface area contributed by atoms with E-state index in [9.17, 15) is 22.7 Å². The Morgan fingerprint density at radius 3 is 2.60 bits per heavy atom. The maximum absolute atomic E-state index is 14.1. The Morgan fingerprint density at radius 1 is 1.20 bits per heavy atom. The van der Waals surface area contributed by atoms with E-state index in [1.54, 1.807) is 18.7 Å². The van der Waals surface area contributed by atoms with Gasteiger partial charge in [0.1, 0.15) is 11.6 Å². The van der Waals surface area contributed by atoms with Gasteiger partial charge >= 0.3 is 6.18 Å². The number of rotatable bonds is 6. The first-order chi connectivity index (χ1) is 13.9. The minimum Gasteiger partial charge on any atom is -0.496 e. The highest BCUT2D eigenvalue weighted by atomic mass is 19.4. The SMILES string of the molecule is COc1ccc(F)cc1C(C)(C)CC(O)(CN1CCC2CCCC=C2C1)C(F)(F)F. The minimum absolute atomic E-state index is 0.305. The molecule has 1 aliphatic carbocycles. The summed E-state index contributed by atoms with van der Waals surface area (Å²) in [7, 11) is 1.39. The van der Waals surface area contributed by atoms with Crippen molar-refractivity contribution in [3.63, 3.8) is 0 Å². The molecule has 0 saturated carbocycles. The molecule has 1 heterocycles. The molecule has 2 unspecified atom stereocenters. The Morgan fingerprint density at radius 2 is 1.93 bits per heavy atom. The van der Waals surface area contributed by atoms with Gasteiger partial charge in [-0.15, -0.1) is 0 Å². The minimum atomic E-state index is -4.82. The topological polar surface area (TPSA) is 32.7 Å². The summed E-state index contributed by atoms with van der Waals surface area (Å²) in [5.41, 5.74) is -2.58. The van der Waals surface area contributed by atoms with Crippen molar-refractivity contribution in [3.8, 4) is 5.75 Å². The maximum atomic E-state index is 14.1. The highest BCUT2D eigenvalue weighted by Crippen LogP contribution is 2.44. The third kappa shape index (κ3) is 4.83. The number of halogens is 4. The molecule has 0 spiro atoms. The number of ether oxygens (including phenoxy) is 1. The van der Waals surface area contributed by atoms with Crippen LogP contribution in [-0.4, -0.2) is 48.5 Å². The van der Waals surface area contributed by atoms with Gasteiger partial charge in [-0.3, -0.25) is 4.90 Å². The predicted octanol–water partition coefficient (Wildman–Crippen LogP) is 5.23. The summed E-state index contributed by atoms with van der Waals surface area (Å²) in [5.74, 6) is 0.210. The molecule has 0 aromatic heterocycles. The molecule has 2 aliphatic rings. The van der Waals surface area contributed by atoms with Crippen molar-refractivity contribution < 1.29 is 27.4 Å². The number of piperidine rings is 1. The lowest BCUT2D eigenvalue weighted by Gasteiger charge is -2.43. The van der Waals surface area contributed by atoms with Gasteiger partial charge in [0, 0.05) is 18.7 Å². The number of aliphatic hydroxyl groups is 1. The summed E-state index contributed by atoms with van der Waals surface area (Å²) in [4.78, 5) is 1.71. The van der Waals surface area contributed by atoms with Crippen molar-refractivity contribution in [3.05, 3.63) is 41.2 Å². The van der Waals surface area contributed by atoms with Crippen LogP contribution in [0.2, 0.25) is 0 Å². The zero-order valence-electron chi connectivity index (χ0n) is 17.9. The van der Waals surface area contributed by atoms with Crippen molar-refractivity contribution in [1.82, 2.24) is 4.90 Å². The molecule has 1 N–H and O–H groups in total. The lowest BCUT2D eigenvalue weighted by atomic mass is 9.74. The molecule has 0 bridgehead atoms. The normalized spacial score (nSPS) is 22.8. The molecule has 3 nitrogen and oxygen atoms in total.